The average Bonchev–Trinajstić information content (AvgIpc) is 3.92. The lowest BCUT2D eigenvalue weighted by Crippen LogP contribution is -2.38. The van der Waals surface area contributed by atoms with Crippen molar-refractivity contribution in [1.29, 1.82) is 0 Å². The van der Waals surface area contributed by atoms with Gasteiger partial charge in [-0.15, -0.1) is 11.3 Å². The number of nitrogens with zero attached hydrogens (tertiary/aromatic N) is 2. The fraction of sp³-hybridized carbons (Fsp3) is 0.0698. The van der Waals surface area contributed by atoms with Crippen LogP contribution in [0.1, 0.15) is 51.5 Å². The molecule has 2 N–H and O–H groups in total. The van der Waals surface area contributed by atoms with E-state index in [0.29, 0.717) is 5.13 Å². The molecule has 2 aromatic heterocycles. The third kappa shape index (κ3) is 7.63. The van der Waals surface area contributed by atoms with Gasteiger partial charge in [0.15, 0.2) is 17.0 Å². The molecule has 0 aliphatic carbocycles. The van der Waals surface area contributed by atoms with E-state index in [9.17, 15) is 14.7 Å². The minimum atomic E-state index is -1.52. The van der Waals surface area contributed by atoms with Gasteiger partial charge in [-0.05, 0) is 39.9 Å². The Labute approximate surface area is 309 Å². The maximum absolute atomic E-state index is 13.8. The molecule has 0 bridgehead atoms. The second-order valence-electron chi connectivity index (χ2n) is 11.9. The molecule has 0 saturated carbocycles. The predicted molar refractivity (Wildman–Crippen MR) is 202 cm³/mol. The summed E-state index contributed by atoms with van der Waals surface area (Å²) in [5.74, 6) is -2.15. The monoisotopic (exact) mass is 719 g/mol. The molecule has 7 aromatic rings. The van der Waals surface area contributed by atoms with E-state index in [1.54, 1.807) is 11.4 Å². The van der Waals surface area contributed by atoms with Gasteiger partial charge in [0, 0.05) is 5.38 Å². The number of carbonyl (C=O) groups excluding carboxylic acids is 1. The average molecular weight is 720 g/mol. The van der Waals surface area contributed by atoms with Crippen molar-refractivity contribution in [2.45, 2.75) is 17.7 Å². The highest BCUT2D eigenvalue weighted by molar-refractivity contribution is 7.14. The standard InChI is InChI=1S/C43H33N3O6S/c47-40(48)37(46-52-39(36-27-16-28-50-36)41(49)51-38(30-17-6-1-7-18-30)31-19-8-2-9-20-31)35-29-53-42(44-35)45-43(32-21-10-3-11-22-32,33-23-12-4-13-24-33)34-25-14-5-15-26-34/h1-29,38-39H,(H,44,45)(H,47,48)/t39-/m0/s1. The molecule has 5 aromatic carbocycles. The van der Waals surface area contributed by atoms with E-state index in [2.05, 4.69) is 15.5 Å². The van der Waals surface area contributed by atoms with Gasteiger partial charge in [0.1, 0.15) is 11.2 Å². The topological polar surface area (TPSA) is 123 Å². The number of hydrogen-bond acceptors (Lipinski definition) is 9. The second kappa shape index (κ2) is 16.1. The van der Waals surface area contributed by atoms with E-state index in [-0.39, 0.29) is 11.5 Å². The minimum Gasteiger partial charge on any atom is -0.476 e. The number of anilines is 1. The van der Waals surface area contributed by atoms with Crippen molar-refractivity contribution < 1.29 is 28.7 Å². The summed E-state index contributed by atoms with van der Waals surface area (Å²) in [6.45, 7) is 0. The van der Waals surface area contributed by atoms with Crippen molar-refractivity contribution in [3.05, 3.63) is 215 Å². The molecule has 0 radical (unpaired) electrons. The number of ether oxygens (including phenoxy) is 1. The summed E-state index contributed by atoms with van der Waals surface area (Å²) in [4.78, 5) is 36.9. The van der Waals surface area contributed by atoms with Crippen LogP contribution in [-0.4, -0.2) is 27.7 Å². The summed E-state index contributed by atoms with van der Waals surface area (Å²) >= 11 is 1.22. The Balaban J connectivity index is 1.21. The number of rotatable bonds is 14. The second-order valence-corrected chi connectivity index (χ2v) is 12.8. The van der Waals surface area contributed by atoms with Crippen molar-refractivity contribution in [2.75, 3.05) is 5.32 Å². The van der Waals surface area contributed by atoms with Crippen LogP contribution in [0.4, 0.5) is 5.13 Å². The Morgan fingerprint density at radius 1 is 0.698 bits per heavy atom. The lowest BCUT2D eigenvalue weighted by molar-refractivity contribution is -0.163. The van der Waals surface area contributed by atoms with Crippen LogP contribution in [0.2, 0.25) is 0 Å². The summed E-state index contributed by atoms with van der Waals surface area (Å²) < 4.78 is 11.6. The van der Waals surface area contributed by atoms with Crippen LogP contribution in [0, 0.1) is 0 Å². The molecule has 0 aliphatic rings. The number of carboxylic acid groups (broad SMARTS) is 1. The normalized spacial score (nSPS) is 12.2. The maximum Gasteiger partial charge on any atom is 0.360 e. The maximum atomic E-state index is 13.8. The fourth-order valence-electron chi connectivity index (χ4n) is 6.10. The molecule has 262 valence electrons. The van der Waals surface area contributed by atoms with Crippen molar-refractivity contribution in [2.24, 2.45) is 5.16 Å². The third-order valence-electron chi connectivity index (χ3n) is 8.57. The van der Waals surface area contributed by atoms with E-state index >= 15 is 0 Å². The molecular formula is C43H33N3O6S. The summed E-state index contributed by atoms with van der Waals surface area (Å²) in [6, 6.07) is 51.6. The third-order valence-corrected chi connectivity index (χ3v) is 9.33. The highest BCUT2D eigenvalue weighted by atomic mass is 32.1. The number of carboxylic acids is 1. The Kier molecular flexibility index (Phi) is 10.5. The van der Waals surface area contributed by atoms with Gasteiger partial charge in [-0.25, -0.2) is 14.6 Å². The molecule has 53 heavy (non-hydrogen) atoms. The van der Waals surface area contributed by atoms with Crippen LogP contribution in [0.5, 0.6) is 0 Å². The summed E-state index contributed by atoms with van der Waals surface area (Å²) in [6.07, 6.45) is -0.920. The van der Waals surface area contributed by atoms with Crippen LogP contribution in [-0.2, 0) is 24.7 Å². The van der Waals surface area contributed by atoms with Gasteiger partial charge in [0.05, 0.1) is 6.26 Å². The molecule has 0 aliphatic heterocycles. The predicted octanol–water partition coefficient (Wildman–Crippen LogP) is 9.02. The molecule has 0 unspecified atom stereocenters. The van der Waals surface area contributed by atoms with Crippen LogP contribution < -0.4 is 5.32 Å². The van der Waals surface area contributed by atoms with E-state index in [1.165, 1.54) is 23.7 Å². The smallest absolute Gasteiger partial charge is 0.360 e. The zero-order valence-electron chi connectivity index (χ0n) is 28.2. The minimum absolute atomic E-state index is 0.0334. The Hall–Kier alpha value is -6.78. The molecule has 10 heteroatoms. The Bertz CT molecular complexity index is 2130. The van der Waals surface area contributed by atoms with Gasteiger partial charge in [-0.1, -0.05) is 157 Å². The summed E-state index contributed by atoms with van der Waals surface area (Å²) in [5.41, 5.74) is 2.96. The molecule has 1 atom stereocenters. The van der Waals surface area contributed by atoms with Crippen LogP contribution >= 0.6 is 11.3 Å². The molecule has 9 nitrogen and oxygen atoms in total. The van der Waals surface area contributed by atoms with Crippen molar-refractivity contribution in [3.8, 4) is 0 Å². The van der Waals surface area contributed by atoms with Gasteiger partial charge in [0.2, 0.25) is 5.71 Å². The van der Waals surface area contributed by atoms with Crippen LogP contribution in [0.3, 0.4) is 0 Å². The molecule has 2 heterocycles. The number of furan rings is 1. The number of aromatic nitrogens is 1. The number of esters is 1. The zero-order chi connectivity index (χ0) is 36.5. The highest BCUT2D eigenvalue weighted by Gasteiger charge is 2.38. The molecule has 0 fully saturated rings. The molecule has 0 spiro atoms. The lowest BCUT2D eigenvalue weighted by atomic mass is 9.77. The highest BCUT2D eigenvalue weighted by Crippen LogP contribution is 2.40. The Morgan fingerprint density at radius 3 is 1.64 bits per heavy atom. The van der Waals surface area contributed by atoms with Gasteiger partial charge in [-0.2, -0.15) is 0 Å². The van der Waals surface area contributed by atoms with Gasteiger partial charge in [-0.3, -0.25) is 0 Å². The van der Waals surface area contributed by atoms with E-state index < -0.39 is 35.4 Å². The number of hydrogen-bond donors (Lipinski definition) is 2. The quantitative estimate of drug-likeness (QED) is 0.0494. The first-order valence-corrected chi connectivity index (χ1v) is 17.6. The SMILES string of the molecule is O=C(O)C(=NO[C@H](C(=O)OC(c1ccccc1)c1ccccc1)c1ccco1)c1csc(NC(c2ccccc2)(c2ccccc2)c2ccccc2)n1. The largest absolute Gasteiger partial charge is 0.476 e. The van der Waals surface area contributed by atoms with E-state index in [0.717, 1.165) is 27.8 Å². The van der Waals surface area contributed by atoms with Crippen molar-refractivity contribution in [3.63, 3.8) is 0 Å². The number of aliphatic carboxylic acids is 1. The first kappa shape index (κ1) is 34.7. The molecule has 0 amide bonds. The fourth-order valence-corrected chi connectivity index (χ4v) is 6.85. The number of benzene rings is 5. The number of thiazole rings is 1. The van der Waals surface area contributed by atoms with Crippen LogP contribution in [0.15, 0.2) is 185 Å². The van der Waals surface area contributed by atoms with E-state index in [1.807, 2.05) is 152 Å². The van der Waals surface area contributed by atoms with Crippen molar-refractivity contribution in [1.82, 2.24) is 4.98 Å². The lowest BCUT2D eigenvalue weighted by Gasteiger charge is -2.36. The summed E-state index contributed by atoms with van der Waals surface area (Å²) in [7, 11) is 0. The van der Waals surface area contributed by atoms with Crippen LogP contribution in [0.25, 0.3) is 0 Å². The number of carbonyl (C=O) groups is 2. The van der Waals surface area contributed by atoms with E-state index in [4.69, 9.17) is 14.0 Å². The van der Waals surface area contributed by atoms with Gasteiger partial charge >= 0.3 is 11.9 Å². The molecule has 0 saturated heterocycles. The zero-order valence-corrected chi connectivity index (χ0v) is 29.0. The van der Waals surface area contributed by atoms with Gasteiger partial charge < -0.3 is 24.4 Å². The molecule has 7 rings (SSSR count). The number of nitrogens with one attached hydrogen (secondary N) is 1. The first-order valence-electron chi connectivity index (χ1n) is 16.7. The van der Waals surface area contributed by atoms with Gasteiger partial charge in [0.25, 0.3) is 6.10 Å². The Morgan fingerprint density at radius 2 is 1.19 bits per heavy atom. The number of oxime groups is 1. The first-order chi connectivity index (χ1) is 26.0. The van der Waals surface area contributed by atoms with Crippen molar-refractivity contribution >= 4 is 34.1 Å². The molecular weight excluding hydrogens is 687 g/mol. The summed E-state index contributed by atoms with van der Waals surface area (Å²) in [5, 5.41) is 20.0.